The summed E-state index contributed by atoms with van der Waals surface area (Å²) in [6.07, 6.45) is 26.8. The van der Waals surface area contributed by atoms with Gasteiger partial charge >= 0.3 is 11.9 Å². The molecule has 1 saturated carbocycles. The maximum absolute atomic E-state index is 12.5. The summed E-state index contributed by atoms with van der Waals surface area (Å²) in [6.45, 7) is 1.92. The van der Waals surface area contributed by atoms with E-state index in [9.17, 15) is 24.3 Å². The summed E-state index contributed by atoms with van der Waals surface area (Å²) in [5.74, 6) is -0.954. The Labute approximate surface area is 250 Å². The lowest BCUT2D eigenvalue weighted by molar-refractivity contribution is -0.143. The lowest BCUT2D eigenvalue weighted by Gasteiger charge is -2.28. The van der Waals surface area contributed by atoms with Crippen molar-refractivity contribution in [3.05, 3.63) is 0 Å². The molecule has 1 rings (SSSR count). The van der Waals surface area contributed by atoms with Gasteiger partial charge in [0, 0.05) is 25.2 Å². The fourth-order valence-electron chi connectivity index (χ4n) is 6.11. The molecule has 41 heavy (non-hydrogen) atoms. The smallest absolute Gasteiger partial charge is 0.326 e. The number of unbranched alkanes of at least 4 members (excludes halogenated alkanes) is 15. The van der Waals surface area contributed by atoms with Crippen LogP contribution in [0.25, 0.3) is 0 Å². The Morgan fingerprint density at radius 3 is 1.49 bits per heavy atom. The predicted molar refractivity (Wildman–Crippen MR) is 165 cm³/mol. The van der Waals surface area contributed by atoms with E-state index in [1.165, 1.54) is 77.0 Å². The molecule has 1 amide bonds. The second-order valence-electron chi connectivity index (χ2n) is 12.5. The van der Waals surface area contributed by atoms with Gasteiger partial charge in [-0.15, -0.1) is 0 Å². The number of carbonyl (C=O) groups is 4. The summed E-state index contributed by atoms with van der Waals surface area (Å²) in [4.78, 5) is 46.6. The van der Waals surface area contributed by atoms with Gasteiger partial charge in [-0.25, -0.2) is 4.79 Å². The van der Waals surface area contributed by atoms with Gasteiger partial charge < -0.3 is 15.5 Å². The highest BCUT2D eigenvalue weighted by molar-refractivity contribution is 5.85. The Kier molecular flexibility index (Phi) is 22.3. The van der Waals surface area contributed by atoms with E-state index in [-0.39, 0.29) is 11.8 Å². The van der Waals surface area contributed by atoms with Crippen molar-refractivity contribution in [1.82, 2.24) is 5.32 Å². The second-order valence-corrected chi connectivity index (χ2v) is 12.5. The molecule has 0 bridgehead atoms. The van der Waals surface area contributed by atoms with Gasteiger partial charge in [-0.3, -0.25) is 14.4 Å². The molecule has 0 aromatic carbocycles. The van der Waals surface area contributed by atoms with Crippen molar-refractivity contribution in [3.8, 4) is 0 Å². The Morgan fingerprint density at radius 1 is 0.634 bits per heavy atom. The van der Waals surface area contributed by atoms with Crippen molar-refractivity contribution in [3.63, 3.8) is 0 Å². The van der Waals surface area contributed by atoms with E-state index in [1.807, 2.05) is 6.92 Å². The average Bonchev–Trinajstić information content (AvgIpc) is 2.95. The quantitative estimate of drug-likeness (QED) is 0.0838. The van der Waals surface area contributed by atoms with E-state index in [4.69, 9.17) is 5.11 Å². The van der Waals surface area contributed by atoms with Crippen LogP contribution in [-0.4, -0.2) is 39.9 Å². The number of aliphatic carboxylic acids is 2. The minimum atomic E-state index is -0.957. The Morgan fingerprint density at radius 2 is 1.07 bits per heavy atom. The molecule has 7 heteroatoms. The molecule has 3 N–H and O–H groups in total. The van der Waals surface area contributed by atoms with Gasteiger partial charge in [0.2, 0.25) is 5.91 Å². The van der Waals surface area contributed by atoms with Crippen molar-refractivity contribution in [2.45, 2.75) is 180 Å². The minimum Gasteiger partial charge on any atom is -0.481 e. The van der Waals surface area contributed by atoms with Crippen molar-refractivity contribution in [2.75, 3.05) is 0 Å². The number of ketones is 1. The number of amides is 1. The molecule has 1 aliphatic carbocycles. The highest BCUT2D eigenvalue weighted by atomic mass is 16.4. The van der Waals surface area contributed by atoms with Gasteiger partial charge in [0.25, 0.3) is 0 Å². The third-order valence-electron chi connectivity index (χ3n) is 8.84. The molecular formula is C34H61NO6. The van der Waals surface area contributed by atoms with E-state index >= 15 is 0 Å². The van der Waals surface area contributed by atoms with Crippen LogP contribution >= 0.6 is 0 Å². The number of hydrogen-bond donors (Lipinski definition) is 3. The highest BCUT2D eigenvalue weighted by Crippen LogP contribution is 2.32. The van der Waals surface area contributed by atoms with E-state index < -0.39 is 18.0 Å². The van der Waals surface area contributed by atoms with Crippen LogP contribution in [0.3, 0.4) is 0 Å². The maximum atomic E-state index is 12.5. The zero-order chi connectivity index (χ0) is 30.1. The number of nitrogens with one attached hydrogen (secondary N) is 1. The zero-order valence-electron chi connectivity index (χ0n) is 26.1. The van der Waals surface area contributed by atoms with Crippen LogP contribution in [0, 0.1) is 11.8 Å². The Balaban J connectivity index is 1.89. The molecule has 0 spiro atoms. The normalized spacial score (nSPS) is 17.7. The molecule has 0 unspecified atom stereocenters. The van der Waals surface area contributed by atoms with Crippen molar-refractivity contribution in [2.24, 2.45) is 11.8 Å². The first-order chi connectivity index (χ1) is 19.8. The lowest BCUT2D eigenvalue weighted by atomic mass is 9.79. The lowest BCUT2D eigenvalue weighted by Crippen LogP contribution is -2.44. The van der Waals surface area contributed by atoms with Crippen LogP contribution in [0.5, 0.6) is 0 Å². The highest BCUT2D eigenvalue weighted by Gasteiger charge is 2.29. The zero-order valence-corrected chi connectivity index (χ0v) is 26.1. The third kappa shape index (κ3) is 20.6. The molecule has 0 radical (unpaired) electrons. The Hall–Kier alpha value is -1.92. The monoisotopic (exact) mass is 579 g/mol. The Bertz CT molecular complexity index is 716. The number of rotatable bonds is 27. The second kappa shape index (κ2) is 24.7. The minimum absolute atomic E-state index is 0.0919. The van der Waals surface area contributed by atoms with Gasteiger partial charge in [-0.2, -0.15) is 0 Å². The number of carboxylic acids is 2. The van der Waals surface area contributed by atoms with Crippen molar-refractivity contribution < 1.29 is 29.4 Å². The molecule has 1 fully saturated rings. The molecule has 0 aromatic heterocycles. The van der Waals surface area contributed by atoms with E-state index in [0.29, 0.717) is 37.4 Å². The molecule has 0 heterocycles. The molecule has 0 aromatic rings. The van der Waals surface area contributed by atoms with Crippen LogP contribution in [0.1, 0.15) is 174 Å². The van der Waals surface area contributed by atoms with Crippen molar-refractivity contribution in [1.29, 1.82) is 0 Å². The molecule has 0 saturated heterocycles. The molecule has 1 atom stereocenters. The van der Waals surface area contributed by atoms with Gasteiger partial charge in [-0.05, 0) is 57.3 Å². The summed E-state index contributed by atoms with van der Waals surface area (Å²) in [5, 5.41) is 20.6. The van der Waals surface area contributed by atoms with Crippen LogP contribution < -0.4 is 5.32 Å². The summed E-state index contributed by atoms with van der Waals surface area (Å²) < 4.78 is 0. The van der Waals surface area contributed by atoms with Crippen LogP contribution in [0.15, 0.2) is 0 Å². The van der Waals surface area contributed by atoms with E-state index in [1.54, 1.807) is 0 Å². The fourth-order valence-corrected chi connectivity index (χ4v) is 6.11. The predicted octanol–water partition coefficient (Wildman–Crippen LogP) is 8.62. The van der Waals surface area contributed by atoms with Gasteiger partial charge in [0.05, 0.1) is 0 Å². The maximum Gasteiger partial charge on any atom is 0.326 e. The summed E-state index contributed by atoms with van der Waals surface area (Å²) in [6, 6.07) is -0.782. The van der Waals surface area contributed by atoms with Gasteiger partial charge in [0.1, 0.15) is 11.8 Å². The molecule has 238 valence electrons. The van der Waals surface area contributed by atoms with Crippen molar-refractivity contribution >= 4 is 23.6 Å². The number of hydrogen-bond acceptors (Lipinski definition) is 4. The number of Topliss-reactive ketones (excluding diaryl/α,β-unsaturated/α-hetero) is 1. The summed E-state index contributed by atoms with van der Waals surface area (Å²) in [7, 11) is 0. The van der Waals surface area contributed by atoms with E-state index in [2.05, 4.69) is 5.32 Å². The largest absolute Gasteiger partial charge is 0.481 e. The number of carboxylic acid groups (broad SMARTS) is 2. The summed E-state index contributed by atoms with van der Waals surface area (Å²) in [5.41, 5.74) is 0. The SMILES string of the molecule is CCC[C@@H](NC(=O)C1CCC(CCC(=O)CCCCCCCCCCCCCCCCCCC(=O)O)CC1)C(=O)O. The van der Waals surface area contributed by atoms with Crippen LogP contribution in [-0.2, 0) is 19.2 Å². The molecule has 0 aliphatic heterocycles. The molecule has 7 nitrogen and oxygen atoms in total. The summed E-state index contributed by atoms with van der Waals surface area (Å²) >= 11 is 0. The number of carbonyl (C=O) groups excluding carboxylic acids is 2. The average molecular weight is 580 g/mol. The van der Waals surface area contributed by atoms with Crippen LogP contribution in [0.4, 0.5) is 0 Å². The first-order valence-electron chi connectivity index (χ1n) is 17.1. The first kappa shape index (κ1) is 37.1. The van der Waals surface area contributed by atoms with Gasteiger partial charge in [0.15, 0.2) is 0 Å². The standard InChI is InChI=1S/C34H61NO6/c1-2-19-31(34(40)41)35-33(39)29-25-22-28(23-26-29)24-27-30(36)20-17-15-13-11-9-7-5-3-4-6-8-10-12-14-16-18-21-32(37)38/h28-29,31H,2-27H2,1H3,(H,35,39)(H,37,38)(H,40,41)/t28?,29?,31-/m1/s1. The topological polar surface area (TPSA) is 121 Å². The van der Waals surface area contributed by atoms with Gasteiger partial charge in [-0.1, -0.05) is 103 Å². The molecular weight excluding hydrogens is 518 g/mol. The van der Waals surface area contributed by atoms with Crippen LogP contribution in [0.2, 0.25) is 0 Å². The first-order valence-corrected chi connectivity index (χ1v) is 17.1. The van der Waals surface area contributed by atoms with E-state index in [0.717, 1.165) is 64.2 Å². The third-order valence-corrected chi connectivity index (χ3v) is 8.84. The fraction of sp³-hybridized carbons (Fsp3) is 0.882. The molecule has 1 aliphatic rings.